The summed E-state index contributed by atoms with van der Waals surface area (Å²) in [6.07, 6.45) is 1.54. The van der Waals surface area contributed by atoms with Crippen LogP contribution in [0.15, 0.2) is 40.8 Å². The van der Waals surface area contributed by atoms with Crippen LogP contribution >= 0.6 is 11.8 Å². The average Bonchev–Trinajstić information content (AvgIpc) is 3.09. The second-order valence-corrected chi connectivity index (χ2v) is 8.81. The zero-order valence-electron chi connectivity index (χ0n) is 16.9. The fourth-order valence-electron chi connectivity index (χ4n) is 2.56. The van der Waals surface area contributed by atoms with Gasteiger partial charge in [-0.25, -0.2) is 13.2 Å². The molecule has 1 aliphatic rings. The molecule has 0 aromatic heterocycles. The average molecular weight is 428 g/mol. The molecule has 27 heavy (non-hydrogen) atoms. The third-order valence-electron chi connectivity index (χ3n) is 4.38. The maximum atomic E-state index is 11.1. The van der Waals surface area contributed by atoms with Crippen LogP contribution < -0.4 is 33.8 Å². The van der Waals surface area contributed by atoms with Gasteiger partial charge in [0.15, 0.2) is 0 Å². The number of allylic oxidation sites excluding steroid dienone is 1. The Balaban J connectivity index is 0. The quantitative estimate of drug-likeness (QED) is 0.343. The molecule has 1 aromatic rings. The molecule has 0 saturated heterocycles. The third-order valence-corrected chi connectivity index (χ3v) is 6.08. The Kier molecular flexibility index (Phi) is 9.71. The number of benzene rings is 1. The van der Waals surface area contributed by atoms with Crippen LogP contribution in [-0.2, 0) is 19.6 Å². The molecule has 10 heteroatoms. The number of sulfonamides is 1. The van der Waals surface area contributed by atoms with Crippen LogP contribution in [0.2, 0.25) is 0 Å². The molecule has 0 spiro atoms. The van der Waals surface area contributed by atoms with Crippen molar-refractivity contribution >= 4 is 33.7 Å². The van der Waals surface area contributed by atoms with E-state index in [1.165, 1.54) is 19.1 Å². The first-order valence-electron chi connectivity index (χ1n) is 7.68. The van der Waals surface area contributed by atoms with Crippen molar-refractivity contribution in [3.63, 3.8) is 0 Å². The van der Waals surface area contributed by atoms with E-state index >= 15 is 0 Å². The van der Waals surface area contributed by atoms with Crippen molar-refractivity contribution in [3.8, 4) is 0 Å². The Morgan fingerprint density at radius 3 is 2.04 bits per heavy atom. The van der Waals surface area contributed by atoms with Crippen LogP contribution in [0.4, 0.5) is 0 Å². The minimum absolute atomic E-state index is 0. The molecule has 2 atom stereocenters. The number of carbonyl (C=O) groups is 2. The monoisotopic (exact) mass is 427 g/mol. The number of nitrogens with one attached hydrogen (secondary N) is 1. The SMILES string of the molecule is C/C(=C\C1C(C(=O)O)C1(C)C)C(=O)O.Cc1ccc(S(=O)(=O)NCl)cc1.[H-].[Na+]. The number of carboxylic acid groups (broad SMARTS) is 2. The first-order valence-corrected chi connectivity index (χ1v) is 9.54. The van der Waals surface area contributed by atoms with Crippen LogP contribution in [-0.4, -0.2) is 30.6 Å². The molecule has 1 saturated carbocycles. The van der Waals surface area contributed by atoms with Gasteiger partial charge >= 0.3 is 41.5 Å². The van der Waals surface area contributed by atoms with Gasteiger partial charge in [-0.2, -0.15) is 0 Å². The second kappa shape index (κ2) is 10.0. The van der Waals surface area contributed by atoms with Gasteiger partial charge in [-0.1, -0.05) is 37.6 Å². The van der Waals surface area contributed by atoms with Gasteiger partial charge in [-0.15, -0.1) is 4.24 Å². The number of rotatable bonds is 5. The van der Waals surface area contributed by atoms with Crippen LogP contribution in [0.25, 0.3) is 0 Å². The number of carboxylic acids is 2. The van der Waals surface area contributed by atoms with E-state index in [1.54, 1.807) is 22.4 Å². The molecule has 0 aliphatic heterocycles. The van der Waals surface area contributed by atoms with Gasteiger partial charge in [0.05, 0.1) is 10.8 Å². The first-order chi connectivity index (χ1) is 11.8. The molecule has 0 heterocycles. The van der Waals surface area contributed by atoms with E-state index in [9.17, 15) is 18.0 Å². The normalized spacial score (nSPS) is 20.6. The molecule has 2 rings (SSSR count). The van der Waals surface area contributed by atoms with Crippen molar-refractivity contribution in [3.05, 3.63) is 41.5 Å². The Hall–Kier alpha value is -0.900. The third kappa shape index (κ3) is 6.89. The summed E-state index contributed by atoms with van der Waals surface area (Å²) in [6, 6.07) is 6.42. The van der Waals surface area contributed by atoms with Gasteiger partial charge in [-0.05, 0) is 49.1 Å². The zero-order chi connectivity index (χ0) is 20.3. The summed E-state index contributed by atoms with van der Waals surface area (Å²) in [6.45, 7) is 7.03. The Morgan fingerprint density at radius 1 is 1.22 bits per heavy atom. The van der Waals surface area contributed by atoms with Gasteiger partial charge in [0.1, 0.15) is 0 Å². The fraction of sp³-hybridized carbons (Fsp3) is 0.412. The second-order valence-electron chi connectivity index (χ2n) is 6.71. The van der Waals surface area contributed by atoms with Crippen molar-refractivity contribution in [2.75, 3.05) is 0 Å². The van der Waals surface area contributed by atoms with Crippen LogP contribution in [0, 0.1) is 24.2 Å². The maximum Gasteiger partial charge on any atom is 1.00 e. The molecule has 0 radical (unpaired) electrons. The molecule has 1 aromatic carbocycles. The Morgan fingerprint density at radius 2 is 1.70 bits per heavy atom. The summed E-state index contributed by atoms with van der Waals surface area (Å²) in [5.74, 6) is -2.45. The van der Waals surface area contributed by atoms with Gasteiger partial charge in [-0.3, -0.25) is 4.79 Å². The molecular formula is C17H23ClNNaO6S. The van der Waals surface area contributed by atoms with Crippen LogP contribution in [0.3, 0.4) is 0 Å². The van der Waals surface area contributed by atoms with E-state index < -0.39 is 27.9 Å². The van der Waals surface area contributed by atoms with E-state index in [0.717, 1.165) is 5.56 Å². The minimum atomic E-state index is -3.50. The van der Waals surface area contributed by atoms with Crippen molar-refractivity contribution < 1.29 is 59.2 Å². The summed E-state index contributed by atoms with van der Waals surface area (Å²) in [5.41, 5.74) is 0.901. The van der Waals surface area contributed by atoms with Gasteiger partial charge < -0.3 is 11.6 Å². The van der Waals surface area contributed by atoms with Crippen molar-refractivity contribution in [2.45, 2.75) is 32.6 Å². The smallest absolute Gasteiger partial charge is 1.00 e. The maximum absolute atomic E-state index is 11.1. The molecule has 1 aliphatic carbocycles. The molecule has 0 bridgehead atoms. The predicted molar refractivity (Wildman–Crippen MR) is 98.3 cm³/mol. The number of aryl methyl sites for hydroxylation is 1. The Bertz CT molecular complexity index is 827. The summed E-state index contributed by atoms with van der Waals surface area (Å²) >= 11 is 5.03. The fourth-order valence-corrected chi connectivity index (χ4v) is 3.41. The summed E-state index contributed by atoms with van der Waals surface area (Å²) in [4.78, 5) is 21.5. The number of halogens is 1. The predicted octanol–water partition coefficient (Wildman–Crippen LogP) is -0.0823. The standard InChI is InChI=1S/C10H14O4.C7H8ClNO2S.Na.H/c1-5(8(11)12)4-6-7(9(13)14)10(6,2)3;1-6-2-4-7(5-3-6)12(10,11)9-8;;/h4,6-7H,1-3H3,(H,11,12)(H,13,14);2-5,9H,1H3;;/q;;+1;-1/b5-4+;;;. The van der Waals surface area contributed by atoms with E-state index in [2.05, 4.69) is 0 Å². The molecule has 3 N–H and O–H groups in total. The first kappa shape index (κ1) is 26.1. The topological polar surface area (TPSA) is 121 Å². The van der Waals surface area contributed by atoms with Gasteiger partial charge in [0, 0.05) is 5.57 Å². The molecule has 0 amide bonds. The van der Waals surface area contributed by atoms with Crippen LogP contribution in [0.5, 0.6) is 0 Å². The van der Waals surface area contributed by atoms with E-state index in [1.807, 2.05) is 20.8 Å². The van der Waals surface area contributed by atoms with Crippen molar-refractivity contribution in [1.29, 1.82) is 0 Å². The Labute approximate surface area is 187 Å². The molecule has 1 fully saturated rings. The number of hydrogen-bond acceptors (Lipinski definition) is 4. The van der Waals surface area contributed by atoms with Gasteiger partial charge in [0.25, 0.3) is 10.0 Å². The van der Waals surface area contributed by atoms with Crippen LogP contribution in [0.1, 0.15) is 27.8 Å². The summed E-state index contributed by atoms with van der Waals surface area (Å²) < 4.78 is 23.9. The largest absolute Gasteiger partial charge is 1.00 e. The molecule has 146 valence electrons. The molecule has 2 unspecified atom stereocenters. The molecular weight excluding hydrogens is 405 g/mol. The number of hydrogen-bond donors (Lipinski definition) is 3. The summed E-state index contributed by atoms with van der Waals surface area (Å²) in [7, 11) is -3.50. The van der Waals surface area contributed by atoms with Gasteiger partial charge in [0.2, 0.25) is 0 Å². The minimum Gasteiger partial charge on any atom is -1.00 e. The summed E-state index contributed by atoms with van der Waals surface area (Å²) in [5, 5.41) is 17.5. The number of aliphatic carboxylic acids is 2. The zero-order valence-corrected chi connectivity index (χ0v) is 19.4. The van der Waals surface area contributed by atoms with E-state index in [0.29, 0.717) is 0 Å². The van der Waals surface area contributed by atoms with E-state index in [4.69, 9.17) is 22.0 Å². The van der Waals surface area contributed by atoms with E-state index in [-0.39, 0.29) is 52.8 Å². The molecule has 7 nitrogen and oxygen atoms in total. The van der Waals surface area contributed by atoms with Crippen molar-refractivity contribution in [1.82, 2.24) is 4.24 Å². The van der Waals surface area contributed by atoms with Crippen molar-refractivity contribution in [2.24, 2.45) is 17.3 Å².